The molecule has 2 aromatic rings. The summed E-state index contributed by atoms with van der Waals surface area (Å²) in [6, 6.07) is 13.2. The first kappa shape index (κ1) is 16.0. The lowest BCUT2D eigenvalue weighted by Crippen LogP contribution is -2.24. The molecule has 0 aromatic heterocycles. The van der Waals surface area contributed by atoms with Gasteiger partial charge in [0.05, 0.1) is 0 Å². The predicted molar refractivity (Wildman–Crippen MR) is 87.3 cm³/mol. The zero-order valence-electron chi connectivity index (χ0n) is 12.5. The fraction of sp³-hybridized carbons (Fsp3) is 0.333. The molecule has 112 valence electrons. The highest BCUT2D eigenvalue weighted by atomic mass is 35.5. The number of rotatable bonds is 6. The second kappa shape index (κ2) is 7.58. The average molecular weight is 306 g/mol. The highest BCUT2D eigenvalue weighted by Gasteiger charge is 2.16. The molecule has 0 heterocycles. The smallest absolute Gasteiger partial charge is 0.127 e. The van der Waals surface area contributed by atoms with Gasteiger partial charge in [0.25, 0.3) is 0 Å². The van der Waals surface area contributed by atoms with E-state index in [-0.39, 0.29) is 11.9 Å². The fourth-order valence-electron chi connectivity index (χ4n) is 2.44. The van der Waals surface area contributed by atoms with Crippen LogP contribution in [0, 0.1) is 12.7 Å². The van der Waals surface area contributed by atoms with Crippen molar-refractivity contribution in [2.24, 2.45) is 0 Å². The van der Waals surface area contributed by atoms with E-state index in [0.717, 1.165) is 13.0 Å². The van der Waals surface area contributed by atoms with Crippen LogP contribution in [0.5, 0.6) is 0 Å². The third-order valence-electron chi connectivity index (χ3n) is 3.56. The van der Waals surface area contributed by atoms with Crippen molar-refractivity contribution in [2.75, 3.05) is 6.54 Å². The van der Waals surface area contributed by atoms with Crippen LogP contribution in [0.2, 0.25) is 5.02 Å². The largest absolute Gasteiger partial charge is 0.310 e. The van der Waals surface area contributed by atoms with Crippen molar-refractivity contribution in [3.63, 3.8) is 0 Å². The third kappa shape index (κ3) is 4.29. The molecule has 1 atom stereocenters. The third-order valence-corrected chi connectivity index (χ3v) is 3.91. The van der Waals surface area contributed by atoms with Crippen LogP contribution in [0.1, 0.15) is 36.1 Å². The summed E-state index contributed by atoms with van der Waals surface area (Å²) in [7, 11) is 0. The summed E-state index contributed by atoms with van der Waals surface area (Å²) in [6.45, 7) is 5.08. The van der Waals surface area contributed by atoms with Crippen LogP contribution in [0.15, 0.2) is 42.5 Å². The number of halogens is 2. The predicted octanol–water partition coefficient (Wildman–Crippen LogP) is 5.07. The van der Waals surface area contributed by atoms with Crippen LogP contribution >= 0.6 is 11.6 Å². The average Bonchev–Trinajstić information content (AvgIpc) is 2.46. The maximum atomic E-state index is 14.0. The van der Waals surface area contributed by atoms with Gasteiger partial charge in [0.2, 0.25) is 0 Å². The lowest BCUT2D eigenvalue weighted by molar-refractivity contribution is 0.513. The standard InChI is InChI=1S/C18H21ClFN/c1-3-10-21-18(14-7-4-6-13(2)11-14)12-15-16(19)8-5-9-17(15)20/h4-9,11,18,21H,3,10,12H2,1-2H3. The molecule has 0 aliphatic carbocycles. The fourth-order valence-corrected chi connectivity index (χ4v) is 2.68. The van der Waals surface area contributed by atoms with E-state index in [0.29, 0.717) is 17.0 Å². The Balaban J connectivity index is 2.28. The molecule has 3 heteroatoms. The van der Waals surface area contributed by atoms with Gasteiger partial charge in [-0.2, -0.15) is 0 Å². The van der Waals surface area contributed by atoms with Gasteiger partial charge in [-0.25, -0.2) is 4.39 Å². The van der Waals surface area contributed by atoms with E-state index in [4.69, 9.17) is 11.6 Å². The van der Waals surface area contributed by atoms with Gasteiger partial charge in [0, 0.05) is 16.6 Å². The lowest BCUT2D eigenvalue weighted by atomic mass is 9.97. The molecular formula is C18H21ClFN. The first-order valence-corrected chi connectivity index (χ1v) is 7.72. The van der Waals surface area contributed by atoms with Gasteiger partial charge in [-0.15, -0.1) is 0 Å². The van der Waals surface area contributed by atoms with Crippen molar-refractivity contribution >= 4 is 11.6 Å². The van der Waals surface area contributed by atoms with Gasteiger partial charge in [0.15, 0.2) is 0 Å². The second-order valence-corrected chi connectivity index (χ2v) is 5.73. The number of aryl methyl sites for hydroxylation is 1. The normalized spacial score (nSPS) is 12.4. The molecule has 0 saturated heterocycles. The monoisotopic (exact) mass is 305 g/mol. The van der Waals surface area contributed by atoms with Gasteiger partial charge in [-0.3, -0.25) is 0 Å². The Morgan fingerprint density at radius 3 is 2.62 bits per heavy atom. The minimum absolute atomic E-state index is 0.0687. The van der Waals surface area contributed by atoms with Gasteiger partial charge >= 0.3 is 0 Å². The van der Waals surface area contributed by atoms with Crippen LogP contribution in [0.3, 0.4) is 0 Å². The second-order valence-electron chi connectivity index (χ2n) is 5.33. The molecule has 0 aliphatic heterocycles. The Morgan fingerprint density at radius 1 is 1.19 bits per heavy atom. The Hall–Kier alpha value is -1.38. The molecule has 0 saturated carbocycles. The Morgan fingerprint density at radius 2 is 1.95 bits per heavy atom. The van der Waals surface area contributed by atoms with Crippen molar-refractivity contribution in [3.05, 3.63) is 70.0 Å². The number of benzene rings is 2. The minimum atomic E-state index is -0.238. The Bertz CT molecular complexity index is 577. The SMILES string of the molecule is CCCNC(Cc1c(F)cccc1Cl)c1cccc(C)c1. The molecule has 0 radical (unpaired) electrons. The first-order chi connectivity index (χ1) is 10.1. The van der Waals surface area contributed by atoms with Crippen molar-refractivity contribution in [1.29, 1.82) is 0 Å². The summed E-state index contributed by atoms with van der Waals surface area (Å²) in [5.41, 5.74) is 2.95. The van der Waals surface area contributed by atoms with Crippen molar-refractivity contribution in [2.45, 2.75) is 32.7 Å². The van der Waals surface area contributed by atoms with Crippen LogP contribution in [-0.4, -0.2) is 6.54 Å². The van der Waals surface area contributed by atoms with E-state index in [1.54, 1.807) is 12.1 Å². The number of hydrogen-bond acceptors (Lipinski definition) is 1. The maximum absolute atomic E-state index is 14.0. The molecule has 2 rings (SSSR count). The summed E-state index contributed by atoms with van der Waals surface area (Å²) in [5, 5.41) is 3.98. The number of nitrogens with one attached hydrogen (secondary N) is 1. The molecule has 0 fully saturated rings. The van der Waals surface area contributed by atoms with Crippen LogP contribution < -0.4 is 5.32 Å². The molecule has 0 spiro atoms. The molecule has 1 N–H and O–H groups in total. The zero-order valence-corrected chi connectivity index (χ0v) is 13.3. The van der Waals surface area contributed by atoms with E-state index < -0.39 is 0 Å². The maximum Gasteiger partial charge on any atom is 0.127 e. The summed E-state index contributed by atoms with van der Waals surface area (Å²) in [5.74, 6) is -0.238. The van der Waals surface area contributed by atoms with Gasteiger partial charge in [0.1, 0.15) is 5.82 Å². The number of hydrogen-bond donors (Lipinski definition) is 1. The molecule has 0 amide bonds. The molecular weight excluding hydrogens is 285 g/mol. The topological polar surface area (TPSA) is 12.0 Å². The van der Waals surface area contributed by atoms with E-state index in [2.05, 4.69) is 37.4 Å². The Kier molecular flexibility index (Phi) is 5.77. The van der Waals surface area contributed by atoms with E-state index in [9.17, 15) is 4.39 Å². The Labute approximate surface area is 131 Å². The van der Waals surface area contributed by atoms with E-state index in [1.165, 1.54) is 17.2 Å². The van der Waals surface area contributed by atoms with E-state index >= 15 is 0 Å². The lowest BCUT2D eigenvalue weighted by Gasteiger charge is -2.20. The molecule has 21 heavy (non-hydrogen) atoms. The van der Waals surface area contributed by atoms with Crippen molar-refractivity contribution < 1.29 is 4.39 Å². The van der Waals surface area contributed by atoms with Gasteiger partial charge in [-0.05, 0) is 44.0 Å². The molecule has 1 unspecified atom stereocenters. The summed E-state index contributed by atoms with van der Waals surface area (Å²) in [6.07, 6.45) is 1.59. The van der Waals surface area contributed by atoms with Crippen molar-refractivity contribution in [3.8, 4) is 0 Å². The van der Waals surface area contributed by atoms with Gasteiger partial charge in [-0.1, -0.05) is 54.4 Å². The molecule has 0 aliphatic rings. The molecule has 1 nitrogen and oxygen atoms in total. The van der Waals surface area contributed by atoms with Crippen LogP contribution in [-0.2, 0) is 6.42 Å². The zero-order chi connectivity index (χ0) is 15.2. The van der Waals surface area contributed by atoms with Crippen LogP contribution in [0.25, 0.3) is 0 Å². The summed E-state index contributed by atoms with van der Waals surface area (Å²) < 4.78 is 14.0. The molecule has 0 bridgehead atoms. The van der Waals surface area contributed by atoms with Crippen LogP contribution in [0.4, 0.5) is 4.39 Å². The highest BCUT2D eigenvalue weighted by molar-refractivity contribution is 6.31. The summed E-state index contributed by atoms with van der Waals surface area (Å²) in [4.78, 5) is 0. The van der Waals surface area contributed by atoms with E-state index in [1.807, 2.05) is 6.07 Å². The first-order valence-electron chi connectivity index (χ1n) is 7.34. The van der Waals surface area contributed by atoms with Crippen molar-refractivity contribution in [1.82, 2.24) is 5.32 Å². The molecule has 2 aromatic carbocycles. The van der Waals surface area contributed by atoms with Gasteiger partial charge < -0.3 is 5.32 Å². The minimum Gasteiger partial charge on any atom is -0.310 e. The summed E-state index contributed by atoms with van der Waals surface area (Å²) >= 11 is 6.16. The highest BCUT2D eigenvalue weighted by Crippen LogP contribution is 2.26. The quantitative estimate of drug-likeness (QED) is 0.785.